The van der Waals surface area contributed by atoms with E-state index in [1.54, 1.807) is 24.3 Å². The van der Waals surface area contributed by atoms with Gasteiger partial charge < -0.3 is 30.3 Å². The molecule has 2 amide bonds. The van der Waals surface area contributed by atoms with Crippen LogP contribution >= 0.6 is 0 Å². The molecule has 4 rings (SSSR count). The average Bonchev–Trinajstić information content (AvgIpc) is 3.00. The molecule has 0 aliphatic carbocycles. The van der Waals surface area contributed by atoms with Crippen LogP contribution in [0.1, 0.15) is 66.4 Å². The molecule has 0 saturated heterocycles. The molecule has 43 heavy (non-hydrogen) atoms. The summed E-state index contributed by atoms with van der Waals surface area (Å²) in [4.78, 5) is 47.3. The monoisotopic (exact) mass is 582 g/mol. The van der Waals surface area contributed by atoms with Crippen LogP contribution in [0.2, 0.25) is 0 Å². The third kappa shape index (κ3) is 6.65. The number of hydrogen-bond donors (Lipinski definition) is 4. The lowest BCUT2D eigenvalue weighted by Gasteiger charge is -2.26. The minimum absolute atomic E-state index is 0.198. The maximum atomic E-state index is 12.3. The van der Waals surface area contributed by atoms with Gasteiger partial charge in [-0.2, -0.15) is 0 Å². The molecular formula is C33H30N2O8. The highest BCUT2D eigenvalue weighted by molar-refractivity contribution is 6.07. The fourth-order valence-corrected chi connectivity index (χ4v) is 4.51. The van der Waals surface area contributed by atoms with Crippen LogP contribution in [-0.4, -0.2) is 48.1 Å². The normalized spacial score (nSPS) is 10.9. The fraction of sp³-hybridized carbons (Fsp3) is 0.152. The highest BCUT2D eigenvalue weighted by atomic mass is 16.5. The van der Waals surface area contributed by atoms with E-state index in [1.807, 2.05) is 36.4 Å². The summed E-state index contributed by atoms with van der Waals surface area (Å²) in [5.41, 5.74) is 1.35. The van der Waals surface area contributed by atoms with Gasteiger partial charge in [0.25, 0.3) is 11.8 Å². The number of carbonyl (C=O) groups is 4. The molecule has 4 N–H and O–H groups in total. The van der Waals surface area contributed by atoms with Gasteiger partial charge in [0, 0.05) is 19.5 Å². The summed E-state index contributed by atoms with van der Waals surface area (Å²) in [5.74, 6) is -1.85. The van der Waals surface area contributed by atoms with Crippen LogP contribution in [-0.2, 0) is 5.41 Å². The van der Waals surface area contributed by atoms with Crippen molar-refractivity contribution in [2.45, 2.75) is 19.3 Å². The molecule has 4 aromatic rings. The Bertz CT molecular complexity index is 1690. The Hall–Kier alpha value is -5.64. The van der Waals surface area contributed by atoms with Crippen LogP contribution in [0.3, 0.4) is 0 Å². The second-order valence-electron chi connectivity index (χ2n) is 10.1. The highest BCUT2D eigenvalue weighted by Gasteiger charge is 2.24. The topological polar surface area (TPSA) is 151 Å². The summed E-state index contributed by atoms with van der Waals surface area (Å²) < 4.78 is 11.8. The van der Waals surface area contributed by atoms with Crippen molar-refractivity contribution in [3.05, 3.63) is 118 Å². The van der Waals surface area contributed by atoms with Crippen molar-refractivity contribution in [2.75, 3.05) is 14.1 Å². The Balaban J connectivity index is 1.49. The second kappa shape index (κ2) is 12.5. The van der Waals surface area contributed by atoms with Crippen LogP contribution in [0.5, 0.6) is 23.0 Å². The van der Waals surface area contributed by atoms with Crippen LogP contribution < -0.4 is 20.1 Å². The average molecular weight is 583 g/mol. The zero-order valence-electron chi connectivity index (χ0n) is 23.9. The minimum atomic E-state index is -1.36. The van der Waals surface area contributed by atoms with Crippen LogP contribution in [0.4, 0.5) is 0 Å². The molecule has 4 aromatic carbocycles. The van der Waals surface area contributed by atoms with Gasteiger partial charge in [0.05, 0.1) is 22.3 Å². The van der Waals surface area contributed by atoms with E-state index in [9.17, 15) is 29.4 Å². The number of ether oxygens (including phenoxy) is 2. The van der Waals surface area contributed by atoms with E-state index in [0.717, 1.165) is 11.1 Å². The van der Waals surface area contributed by atoms with Gasteiger partial charge in [-0.05, 0) is 71.8 Å². The lowest BCUT2D eigenvalue weighted by atomic mass is 9.78. The number of carboxylic acids is 2. The zero-order chi connectivity index (χ0) is 31.3. The molecule has 0 saturated carbocycles. The third-order valence-corrected chi connectivity index (χ3v) is 7.01. The standard InChI is InChI=1S/C33H30N2O8/c1-33(2,20-7-11-22(12-8-20)43-24-14-16-26(31(38)39)28(18-24)32(40)41)19-5-9-21(10-6-19)42-23-13-15-25(29(36)34-3)27(17-23)30(37)35-4/h5-18H,1-4H3,(H,34,36)(H,35,37)(H,38,39)(H,40,41). The zero-order valence-corrected chi connectivity index (χ0v) is 23.9. The summed E-state index contributed by atoms with van der Waals surface area (Å²) in [6.45, 7) is 4.13. The Morgan fingerprint density at radius 3 is 1.33 bits per heavy atom. The first-order valence-corrected chi connectivity index (χ1v) is 13.2. The molecule has 0 aromatic heterocycles. The number of nitrogens with one attached hydrogen (secondary N) is 2. The van der Waals surface area contributed by atoms with Gasteiger partial charge in [-0.1, -0.05) is 38.1 Å². The first-order valence-electron chi connectivity index (χ1n) is 13.2. The molecule has 0 unspecified atom stereocenters. The first-order chi connectivity index (χ1) is 20.4. The lowest BCUT2D eigenvalue weighted by Crippen LogP contribution is -2.25. The SMILES string of the molecule is CNC(=O)c1ccc(Oc2ccc(C(C)(C)c3ccc(Oc4ccc(C(=O)O)c(C(=O)O)c4)cc3)cc2)cc1C(=O)NC. The number of benzene rings is 4. The van der Waals surface area contributed by atoms with E-state index in [-0.39, 0.29) is 33.9 Å². The van der Waals surface area contributed by atoms with E-state index < -0.39 is 23.3 Å². The number of hydrogen-bond acceptors (Lipinski definition) is 6. The molecule has 10 nitrogen and oxygen atoms in total. The Kier molecular flexibility index (Phi) is 8.80. The van der Waals surface area contributed by atoms with Crippen LogP contribution in [0.25, 0.3) is 0 Å². The van der Waals surface area contributed by atoms with E-state index >= 15 is 0 Å². The summed E-state index contributed by atoms with van der Waals surface area (Å²) in [6, 6.07) is 23.3. The second-order valence-corrected chi connectivity index (χ2v) is 10.1. The Morgan fingerprint density at radius 1 is 0.535 bits per heavy atom. The van der Waals surface area contributed by atoms with E-state index in [0.29, 0.717) is 17.2 Å². The molecule has 0 radical (unpaired) electrons. The molecule has 0 atom stereocenters. The van der Waals surface area contributed by atoms with Gasteiger partial charge in [0.15, 0.2) is 0 Å². The number of aromatic carboxylic acids is 2. The van der Waals surface area contributed by atoms with Crippen molar-refractivity contribution in [2.24, 2.45) is 0 Å². The number of rotatable bonds is 10. The van der Waals surface area contributed by atoms with Crippen molar-refractivity contribution in [1.82, 2.24) is 10.6 Å². The molecule has 0 spiro atoms. The predicted molar refractivity (Wildman–Crippen MR) is 159 cm³/mol. The molecule has 0 aliphatic heterocycles. The number of amides is 2. The van der Waals surface area contributed by atoms with Gasteiger partial charge in [-0.3, -0.25) is 9.59 Å². The van der Waals surface area contributed by atoms with Crippen LogP contribution in [0, 0.1) is 0 Å². The summed E-state index contributed by atoms with van der Waals surface area (Å²) in [6.07, 6.45) is 0. The number of carbonyl (C=O) groups excluding carboxylic acids is 2. The summed E-state index contributed by atoms with van der Waals surface area (Å²) in [5, 5.41) is 23.6. The molecule has 10 heteroatoms. The van der Waals surface area contributed by atoms with Gasteiger partial charge >= 0.3 is 11.9 Å². The largest absolute Gasteiger partial charge is 0.478 e. The minimum Gasteiger partial charge on any atom is -0.478 e. The van der Waals surface area contributed by atoms with Gasteiger partial charge in [-0.15, -0.1) is 0 Å². The maximum Gasteiger partial charge on any atom is 0.336 e. The summed E-state index contributed by atoms with van der Waals surface area (Å²) in [7, 11) is 2.98. The van der Waals surface area contributed by atoms with Gasteiger partial charge in [0.1, 0.15) is 23.0 Å². The summed E-state index contributed by atoms with van der Waals surface area (Å²) >= 11 is 0. The predicted octanol–water partition coefficient (Wildman–Crippen LogP) is 5.71. The van der Waals surface area contributed by atoms with Crippen molar-refractivity contribution in [1.29, 1.82) is 0 Å². The Labute approximate surface area is 247 Å². The third-order valence-electron chi connectivity index (χ3n) is 7.01. The molecule has 0 aliphatic rings. The molecule has 0 bridgehead atoms. The quantitative estimate of drug-likeness (QED) is 0.186. The van der Waals surface area contributed by atoms with Crippen LogP contribution in [0.15, 0.2) is 84.9 Å². The van der Waals surface area contributed by atoms with E-state index in [4.69, 9.17) is 9.47 Å². The van der Waals surface area contributed by atoms with E-state index in [1.165, 1.54) is 38.4 Å². The smallest absolute Gasteiger partial charge is 0.336 e. The maximum absolute atomic E-state index is 12.3. The molecular weight excluding hydrogens is 552 g/mol. The lowest BCUT2D eigenvalue weighted by molar-refractivity contribution is 0.0651. The van der Waals surface area contributed by atoms with Crippen molar-refractivity contribution >= 4 is 23.8 Å². The van der Waals surface area contributed by atoms with Crippen molar-refractivity contribution < 1.29 is 38.9 Å². The van der Waals surface area contributed by atoms with Gasteiger partial charge in [0.2, 0.25) is 0 Å². The number of carboxylic acid groups (broad SMARTS) is 2. The van der Waals surface area contributed by atoms with Crippen molar-refractivity contribution in [3.63, 3.8) is 0 Å². The molecule has 0 heterocycles. The first kappa shape index (κ1) is 30.3. The molecule has 0 fully saturated rings. The van der Waals surface area contributed by atoms with E-state index in [2.05, 4.69) is 24.5 Å². The van der Waals surface area contributed by atoms with Crippen molar-refractivity contribution in [3.8, 4) is 23.0 Å². The Morgan fingerprint density at radius 2 is 0.907 bits per heavy atom. The fourth-order valence-electron chi connectivity index (χ4n) is 4.51. The van der Waals surface area contributed by atoms with Gasteiger partial charge in [-0.25, -0.2) is 9.59 Å². The molecule has 220 valence electrons. The highest BCUT2D eigenvalue weighted by Crippen LogP contribution is 2.35.